The Morgan fingerprint density at radius 2 is 1.88 bits per heavy atom. The third-order valence-corrected chi connectivity index (χ3v) is 4.96. The number of nitrogens with one attached hydrogen (secondary N) is 2. The molecule has 0 saturated carbocycles. The minimum Gasteiger partial charge on any atom is -0.485 e. The van der Waals surface area contributed by atoms with Crippen molar-refractivity contribution in [2.24, 2.45) is 14.1 Å². The minimum atomic E-state index is -0.494. The van der Waals surface area contributed by atoms with E-state index in [1.165, 1.54) is 10.9 Å². The Morgan fingerprint density at radius 3 is 2.64 bits per heavy atom. The molecule has 0 aliphatic rings. The number of carbonyl (C=O) groups excluding carboxylic acids is 2. The molecular formula is C23H24N6O4. The fourth-order valence-electron chi connectivity index (χ4n) is 3.26. The third kappa shape index (κ3) is 5.12. The molecule has 3 heterocycles. The molecule has 3 aromatic heterocycles. The molecule has 4 rings (SSSR count). The summed E-state index contributed by atoms with van der Waals surface area (Å²) in [6.07, 6.45) is 4.90. The number of nitrogens with zero attached hydrogens (tertiary/aromatic N) is 4. The molecule has 0 bridgehead atoms. The van der Waals surface area contributed by atoms with E-state index >= 15 is 0 Å². The largest absolute Gasteiger partial charge is 0.485 e. The number of ether oxygens (including phenoxy) is 1. The Balaban J connectivity index is 1.39. The van der Waals surface area contributed by atoms with E-state index in [0.29, 0.717) is 12.3 Å². The van der Waals surface area contributed by atoms with E-state index in [1.807, 2.05) is 37.4 Å². The highest BCUT2D eigenvalue weighted by Crippen LogP contribution is 2.20. The molecule has 33 heavy (non-hydrogen) atoms. The van der Waals surface area contributed by atoms with Gasteiger partial charge in [0.05, 0.1) is 18.1 Å². The predicted octanol–water partition coefficient (Wildman–Crippen LogP) is 2.82. The molecular weight excluding hydrogens is 424 g/mol. The summed E-state index contributed by atoms with van der Waals surface area (Å²) in [5, 5.41) is 13.7. The molecule has 170 valence electrons. The van der Waals surface area contributed by atoms with Gasteiger partial charge in [0.25, 0.3) is 11.8 Å². The molecule has 2 amide bonds. The van der Waals surface area contributed by atoms with Crippen LogP contribution in [0, 0.1) is 6.92 Å². The van der Waals surface area contributed by atoms with Crippen LogP contribution >= 0.6 is 0 Å². The Labute approximate surface area is 190 Å². The number of hydrogen-bond acceptors (Lipinski definition) is 6. The first-order valence-corrected chi connectivity index (χ1v) is 10.3. The molecule has 1 aromatic carbocycles. The van der Waals surface area contributed by atoms with Gasteiger partial charge >= 0.3 is 0 Å². The first-order chi connectivity index (χ1) is 15.9. The zero-order valence-corrected chi connectivity index (χ0v) is 18.5. The average Bonchev–Trinajstić information content (AvgIpc) is 3.52. The SMILES string of the molecule is Cc1ccccc1OCc1ccc(C(=O)Nc2cnn(C)c2C(=O)NCc2cnn(C)c2)o1. The van der Waals surface area contributed by atoms with Gasteiger partial charge in [-0.3, -0.25) is 19.0 Å². The summed E-state index contributed by atoms with van der Waals surface area (Å²) < 4.78 is 14.4. The van der Waals surface area contributed by atoms with Crippen molar-refractivity contribution in [3.05, 3.63) is 83.3 Å². The van der Waals surface area contributed by atoms with E-state index < -0.39 is 5.91 Å². The van der Waals surface area contributed by atoms with Crippen LogP contribution in [0.2, 0.25) is 0 Å². The van der Waals surface area contributed by atoms with Crippen LogP contribution in [0.5, 0.6) is 5.75 Å². The standard InChI is InChI=1S/C23H24N6O4/c1-15-6-4-5-7-19(15)32-14-17-8-9-20(33-17)22(30)27-18-12-26-29(3)21(18)23(31)24-10-16-11-25-28(2)13-16/h4-9,11-13H,10,14H2,1-3H3,(H,24,31)(H,27,30). The van der Waals surface area contributed by atoms with Gasteiger partial charge in [-0.1, -0.05) is 18.2 Å². The Morgan fingerprint density at radius 1 is 1.06 bits per heavy atom. The van der Waals surface area contributed by atoms with Gasteiger partial charge in [0.1, 0.15) is 23.8 Å². The first-order valence-electron chi connectivity index (χ1n) is 10.3. The number of amides is 2. The summed E-state index contributed by atoms with van der Waals surface area (Å²) >= 11 is 0. The van der Waals surface area contributed by atoms with Gasteiger partial charge in [0.2, 0.25) is 0 Å². The molecule has 4 aromatic rings. The topological polar surface area (TPSA) is 116 Å². The Kier molecular flexibility index (Phi) is 6.25. The van der Waals surface area contributed by atoms with E-state index in [-0.39, 0.29) is 29.7 Å². The fraction of sp³-hybridized carbons (Fsp3) is 0.217. The van der Waals surface area contributed by atoms with Gasteiger partial charge in [-0.25, -0.2) is 0 Å². The van der Waals surface area contributed by atoms with Crippen molar-refractivity contribution >= 4 is 17.5 Å². The Bertz CT molecular complexity index is 1290. The molecule has 0 aliphatic carbocycles. The van der Waals surface area contributed by atoms with Gasteiger partial charge < -0.3 is 19.8 Å². The number of aryl methyl sites for hydroxylation is 3. The summed E-state index contributed by atoms with van der Waals surface area (Å²) in [5.41, 5.74) is 2.37. The lowest BCUT2D eigenvalue weighted by molar-refractivity contribution is 0.0942. The molecule has 0 atom stereocenters. The summed E-state index contributed by atoms with van der Waals surface area (Å²) in [4.78, 5) is 25.4. The lowest BCUT2D eigenvalue weighted by Gasteiger charge is -2.08. The first kappa shape index (κ1) is 21.9. The minimum absolute atomic E-state index is 0.101. The fourth-order valence-corrected chi connectivity index (χ4v) is 3.26. The van der Waals surface area contributed by atoms with Crippen LogP contribution in [0.4, 0.5) is 5.69 Å². The van der Waals surface area contributed by atoms with Gasteiger partial charge in [-0.2, -0.15) is 10.2 Å². The Hall–Kier alpha value is -4.34. The van der Waals surface area contributed by atoms with Crippen LogP contribution in [-0.4, -0.2) is 31.4 Å². The molecule has 0 spiro atoms. The molecule has 0 saturated heterocycles. The highest BCUT2D eigenvalue weighted by Gasteiger charge is 2.21. The zero-order chi connectivity index (χ0) is 23.4. The van der Waals surface area contributed by atoms with Gasteiger partial charge in [-0.15, -0.1) is 0 Å². The number of anilines is 1. The van der Waals surface area contributed by atoms with Crippen LogP contribution in [-0.2, 0) is 27.2 Å². The molecule has 2 N–H and O–H groups in total. The van der Waals surface area contributed by atoms with E-state index in [2.05, 4.69) is 20.8 Å². The summed E-state index contributed by atoms with van der Waals surface area (Å²) in [6.45, 7) is 2.44. The maximum atomic E-state index is 12.7. The maximum Gasteiger partial charge on any atom is 0.291 e. The van der Waals surface area contributed by atoms with Crippen molar-refractivity contribution in [3.8, 4) is 5.75 Å². The highest BCUT2D eigenvalue weighted by atomic mass is 16.5. The normalized spacial score (nSPS) is 10.8. The van der Waals surface area contributed by atoms with Crippen molar-refractivity contribution in [1.29, 1.82) is 0 Å². The second-order valence-electron chi connectivity index (χ2n) is 7.51. The van der Waals surface area contributed by atoms with Crippen LogP contribution in [0.3, 0.4) is 0 Å². The summed E-state index contributed by atoms with van der Waals surface area (Å²) in [5.74, 6) is 0.484. The van der Waals surface area contributed by atoms with Crippen LogP contribution in [0.25, 0.3) is 0 Å². The average molecular weight is 448 g/mol. The smallest absolute Gasteiger partial charge is 0.291 e. The number of aromatic nitrogens is 4. The van der Waals surface area contributed by atoms with Crippen LogP contribution in [0.1, 0.15) is 37.9 Å². The number of rotatable bonds is 8. The summed E-state index contributed by atoms with van der Waals surface area (Å²) in [6, 6.07) is 10.9. The quantitative estimate of drug-likeness (QED) is 0.428. The number of hydrogen-bond donors (Lipinski definition) is 2. The number of furan rings is 1. The lowest BCUT2D eigenvalue weighted by Crippen LogP contribution is -2.26. The zero-order valence-electron chi connectivity index (χ0n) is 18.5. The van der Waals surface area contributed by atoms with Crippen molar-refractivity contribution in [2.45, 2.75) is 20.1 Å². The lowest BCUT2D eigenvalue weighted by atomic mass is 10.2. The predicted molar refractivity (Wildman–Crippen MR) is 120 cm³/mol. The van der Waals surface area contributed by atoms with Gasteiger partial charge in [0.15, 0.2) is 5.76 Å². The monoisotopic (exact) mass is 448 g/mol. The molecule has 0 aliphatic heterocycles. The molecule has 0 radical (unpaired) electrons. The van der Waals surface area contributed by atoms with Crippen LogP contribution < -0.4 is 15.4 Å². The highest BCUT2D eigenvalue weighted by molar-refractivity contribution is 6.07. The number of benzene rings is 1. The third-order valence-electron chi connectivity index (χ3n) is 4.96. The van der Waals surface area contributed by atoms with Crippen LogP contribution in [0.15, 0.2) is 59.4 Å². The summed E-state index contributed by atoms with van der Waals surface area (Å²) in [7, 11) is 3.43. The number of para-hydroxylation sites is 1. The van der Waals surface area contributed by atoms with E-state index in [9.17, 15) is 9.59 Å². The van der Waals surface area contributed by atoms with E-state index in [1.54, 1.807) is 37.1 Å². The number of carbonyl (C=O) groups is 2. The van der Waals surface area contributed by atoms with Crippen molar-refractivity contribution < 1.29 is 18.7 Å². The second-order valence-corrected chi connectivity index (χ2v) is 7.51. The van der Waals surface area contributed by atoms with Gasteiger partial charge in [0, 0.05) is 32.4 Å². The van der Waals surface area contributed by atoms with Crippen molar-refractivity contribution in [3.63, 3.8) is 0 Å². The van der Waals surface area contributed by atoms with Crippen molar-refractivity contribution in [1.82, 2.24) is 24.9 Å². The van der Waals surface area contributed by atoms with E-state index in [4.69, 9.17) is 9.15 Å². The maximum absolute atomic E-state index is 12.7. The molecule has 0 unspecified atom stereocenters. The molecule has 10 heteroatoms. The van der Waals surface area contributed by atoms with E-state index in [0.717, 1.165) is 16.9 Å². The molecule has 10 nitrogen and oxygen atoms in total. The molecule has 0 fully saturated rings. The van der Waals surface area contributed by atoms with Crippen molar-refractivity contribution in [2.75, 3.05) is 5.32 Å². The van der Waals surface area contributed by atoms with Gasteiger partial charge in [-0.05, 0) is 30.7 Å². The second kappa shape index (κ2) is 9.43.